The standard InChI is InChI=1S/C15H16Cl2N2/c1-11-13(5-3-9-18-11)7-8-15(16,17)14-6-4-10-19-12(14)2/h3-6,9-10H,7-8H2,1-2H3. The highest BCUT2D eigenvalue weighted by molar-refractivity contribution is 6.48. The van der Waals surface area contributed by atoms with E-state index in [0.29, 0.717) is 6.42 Å². The molecule has 0 bridgehead atoms. The summed E-state index contributed by atoms with van der Waals surface area (Å²) >= 11 is 12.9. The third-order valence-electron chi connectivity index (χ3n) is 3.23. The monoisotopic (exact) mass is 294 g/mol. The van der Waals surface area contributed by atoms with Gasteiger partial charge in [-0.1, -0.05) is 35.3 Å². The second kappa shape index (κ2) is 5.89. The molecule has 2 aromatic rings. The molecule has 2 nitrogen and oxygen atoms in total. The number of alkyl halides is 2. The van der Waals surface area contributed by atoms with Gasteiger partial charge in [0.2, 0.25) is 0 Å². The molecule has 2 rings (SSSR count). The van der Waals surface area contributed by atoms with Crippen LogP contribution in [0.1, 0.15) is 28.9 Å². The minimum absolute atomic E-state index is 0.634. The Hall–Kier alpha value is -1.12. The lowest BCUT2D eigenvalue weighted by Crippen LogP contribution is -2.14. The van der Waals surface area contributed by atoms with E-state index in [0.717, 1.165) is 23.4 Å². The summed E-state index contributed by atoms with van der Waals surface area (Å²) in [5, 5.41) is 0. The predicted molar refractivity (Wildman–Crippen MR) is 79.7 cm³/mol. The fraction of sp³-hybridized carbons (Fsp3) is 0.333. The molecule has 0 amide bonds. The summed E-state index contributed by atoms with van der Waals surface area (Å²) in [5.74, 6) is 0. The average Bonchev–Trinajstić information content (AvgIpc) is 2.38. The summed E-state index contributed by atoms with van der Waals surface area (Å²) in [6, 6.07) is 7.78. The molecule has 100 valence electrons. The molecule has 0 aliphatic heterocycles. The first-order valence-electron chi connectivity index (χ1n) is 6.21. The van der Waals surface area contributed by atoms with Gasteiger partial charge in [0.05, 0.1) is 0 Å². The largest absolute Gasteiger partial charge is 0.261 e. The Balaban J connectivity index is 2.14. The van der Waals surface area contributed by atoms with Gasteiger partial charge < -0.3 is 0 Å². The lowest BCUT2D eigenvalue weighted by molar-refractivity contribution is 0.719. The summed E-state index contributed by atoms with van der Waals surface area (Å²) < 4.78 is -0.916. The molecular formula is C15H16Cl2N2. The van der Waals surface area contributed by atoms with E-state index >= 15 is 0 Å². The van der Waals surface area contributed by atoms with Crippen molar-refractivity contribution in [2.75, 3.05) is 0 Å². The Bertz CT molecular complexity index is 568. The number of halogens is 2. The third-order valence-corrected chi connectivity index (χ3v) is 4.01. The minimum Gasteiger partial charge on any atom is -0.261 e. The lowest BCUT2D eigenvalue weighted by Gasteiger charge is -2.21. The fourth-order valence-electron chi connectivity index (χ4n) is 2.08. The summed E-state index contributed by atoms with van der Waals surface area (Å²) in [7, 11) is 0. The zero-order valence-corrected chi connectivity index (χ0v) is 12.5. The van der Waals surface area contributed by atoms with Crippen molar-refractivity contribution in [2.45, 2.75) is 31.0 Å². The second-order valence-corrected chi connectivity index (χ2v) is 6.07. The van der Waals surface area contributed by atoms with Crippen molar-refractivity contribution >= 4 is 23.2 Å². The first-order valence-corrected chi connectivity index (χ1v) is 6.97. The number of aryl methyl sites for hydroxylation is 3. The van der Waals surface area contributed by atoms with Gasteiger partial charge in [-0.2, -0.15) is 0 Å². The number of pyridine rings is 2. The van der Waals surface area contributed by atoms with Gasteiger partial charge in [0, 0.05) is 29.3 Å². The van der Waals surface area contributed by atoms with E-state index in [4.69, 9.17) is 23.2 Å². The number of aromatic nitrogens is 2. The molecule has 2 heterocycles. The Morgan fingerprint density at radius 1 is 1.00 bits per heavy atom. The van der Waals surface area contributed by atoms with Crippen molar-refractivity contribution in [3.8, 4) is 0 Å². The van der Waals surface area contributed by atoms with Crippen molar-refractivity contribution in [2.24, 2.45) is 0 Å². The second-order valence-electron chi connectivity index (χ2n) is 4.59. The number of rotatable bonds is 4. The third kappa shape index (κ3) is 3.46. The summed E-state index contributed by atoms with van der Waals surface area (Å²) in [6.45, 7) is 3.92. The van der Waals surface area contributed by atoms with Gasteiger partial charge in [-0.25, -0.2) is 0 Å². The average molecular weight is 295 g/mol. The van der Waals surface area contributed by atoms with Gasteiger partial charge in [0.25, 0.3) is 0 Å². The highest BCUT2D eigenvalue weighted by atomic mass is 35.5. The maximum atomic E-state index is 6.47. The fourth-order valence-corrected chi connectivity index (χ4v) is 2.67. The quantitative estimate of drug-likeness (QED) is 0.783. The van der Waals surface area contributed by atoms with Crippen LogP contribution in [0.15, 0.2) is 36.7 Å². The number of hydrogen-bond acceptors (Lipinski definition) is 2. The van der Waals surface area contributed by atoms with Gasteiger partial charge in [-0.05, 0) is 44.4 Å². The van der Waals surface area contributed by atoms with E-state index < -0.39 is 4.33 Å². The van der Waals surface area contributed by atoms with Crippen LogP contribution < -0.4 is 0 Å². The molecule has 0 aliphatic carbocycles. The summed E-state index contributed by atoms with van der Waals surface area (Å²) in [4.78, 5) is 8.51. The van der Waals surface area contributed by atoms with Gasteiger partial charge >= 0.3 is 0 Å². The van der Waals surface area contributed by atoms with E-state index in [1.165, 1.54) is 5.56 Å². The van der Waals surface area contributed by atoms with E-state index in [-0.39, 0.29) is 0 Å². The zero-order chi connectivity index (χ0) is 13.9. The smallest absolute Gasteiger partial charge is 0.145 e. The Morgan fingerprint density at radius 2 is 1.63 bits per heavy atom. The Labute approximate surface area is 123 Å². The number of nitrogens with zero attached hydrogens (tertiary/aromatic N) is 2. The molecule has 4 heteroatoms. The van der Waals surface area contributed by atoms with Crippen molar-refractivity contribution < 1.29 is 0 Å². The SMILES string of the molecule is Cc1ncccc1CCC(Cl)(Cl)c1cccnc1C. The molecule has 0 radical (unpaired) electrons. The molecular weight excluding hydrogens is 279 g/mol. The zero-order valence-electron chi connectivity index (χ0n) is 11.0. The molecule has 0 spiro atoms. The van der Waals surface area contributed by atoms with Crippen LogP contribution in [0.5, 0.6) is 0 Å². The lowest BCUT2D eigenvalue weighted by atomic mass is 10.0. The number of hydrogen-bond donors (Lipinski definition) is 0. The molecule has 0 unspecified atom stereocenters. The molecule has 0 atom stereocenters. The molecule has 0 fully saturated rings. The molecule has 0 saturated carbocycles. The van der Waals surface area contributed by atoms with Crippen LogP contribution in [0.4, 0.5) is 0 Å². The van der Waals surface area contributed by atoms with Gasteiger partial charge in [-0.3, -0.25) is 9.97 Å². The van der Waals surface area contributed by atoms with Crippen molar-refractivity contribution in [3.05, 3.63) is 59.2 Å². The van der Waals surface area contributed by atoms with Crippen LogP contribution in [0.2, 0.25) is 0 Å². The van der Waals surface area contributed by atoms with Crippen LogP contribution in [0, 0.1) is 13.8 Å². The predicted octanol–water partition coefficient (Wildman–Crippen LogP) is 4.36. The van der Waals surface area contributed by atoms with E-state index in [9.17, 15) is 0 Å². The van der Waals surface area contributed by atoms with Crippen molar-refractivity contribution in [1.82, 2.24) is 9.97 Å². The molecule has 19 heavy (non-hydrogen) atoms. The van der Waals surface area contributed by atoms with Crippen molar-refractivity contribution in [3.63, 3.8) is 0 Å². The summed E-state index contributed by atoms with van der Waals surface area (Å²) in [6.07, 6.45) is 4.96. The molecule has 0 saturated heterocycles. The molecule has 0 aromatic carbocycles. The Kier molecular flexibility index (Phi) is 4.43. The van der Waals surface area contributed by atoms with Crippen LogP contribution in [-0.2, 0) is 10.8 Å². The van der Waals surface area contributed by atoms with Crippen LogP contribution in [0.25, 0.3) is 0 Å². The highest BCUT2D eigenvalue weighted by Gasteiger charge is 2.28. The maximum Gasteiger partial charge on any atom is 0.145 e. The topological polar surface area (TPSA) is 25.8 Å². The van der Waals surface area contributed by atoms with E-state index in [1.807, 2.05) is 32.0 Å². The first-order chi connectivity index (χ1) is 9.00. The van der Waals surface area contributed by atoms with Gasteiger partial charge in [-0.15, -0.1) is 0 Å². The molecule has 2 aromatic heterocycles. The Morgan fingerprint density at radius 3 is 2.26 bits per heavy atom. The maximum absolute atomic E-state index is 6.47. The van der Waals surface area contributed by atoms with E-state index in [1.54, 1.807) is 12.4 Å². The first kappa shape index (κ1) is 14.3. The van der Waals surface area contributed by atoms with Crippen LogP contribution >= 0.6 is 23.2 Å². The minimum atomic E-state index is -0.916. The highest BCUT2D eigenvalue weighted by Crippen LogP contribution is 2.39. The molecule has 0 aliphatic rings. The van der Waals surface area contributed by atoms with Crippen molar-refractivity contribution in [1.29, 1.82) is 0 Å². The van der Waals surface area contributed by atoms with E-state index in [2.05, 4.69) is 16.0 Å². The molecule has 0 N–H and O–H groups in total. The van der Waals surface area contributed by atoms with Crippen LogP contribution in [0.3, 0.4) is 0 Å². The van der Waals surface area contributed by atoms with Gasteiger partial charge in [0.1, 0.15) is 4.33 Å². The van der Waals surface area contributed by atoms with Crippen LogP contribution in [-0.4, -0.2) is 9.97 Å². The summed E-state index contributed by atoms with van der Waals surface area (Å²) in [5.41, 5.74) is 3.94. The van der Waals surface area contributed by atoms with Gasteiger partial charge in [0.15, 0.2) is 0 Å². The normalized spacial score (nSPS) is 11.6.